The molecule has 1 atom stereocenters. The molecule has 1 aliphatic rings. The molecule has 0 bridgehead atoms. The average molecular weight is 498 g/mol. The van der Waals surface area contributed by atoms with E-state index in [4.69, 9.17) is 19.3 Å². The van der Waals surface area contributed by atoms with Gasteiger partial charge in [-0.25, -0.2) is 4.68 Å². The molecule has 2 heterocycles. The molecule has 186 valence electrons. The van der Waals surface area contributed by atoms with Gasteiger partial charge < -0.3 is 19.5 Å². The number of ether oxygens (including phenoxy) is 3. The molecular weight excluding hydrogens is 466 g/mol. The summed E-state index contributed by atoms with van der Waals surface area (Å²) in [7, 11) is -1.03. The Morgan fingerprint density at radius 3 is 2.26 bits per heavy atom. The highest BCUT2D eigenvalue weighted by Crippen LogP contribution is 2.40. The van der Waals surface area contributed by atoms with E-state index in [1.165, 1.54) is 0 Å². The number of hydrogen-bond donors (Lipinski definition) is 1. The number of amides is 1. The van der Waals surface area contributed by atoms with E-state index in [9.17, 15) is 9.00 Å². The fourth-order valence-electron chi connectivity index (χ4n) is 4.17. The molecule has 0 saturated carbocycles. The monoisotopic (exact) mass is 497 g/mol. The first kappa shape index (κ1) is 24.8. The van der Waals surface area contributed by atoms with Gasteiger partial charge in [0.1, 0.15) is 5.82 Å². The lowest BCUT2D eigenvalue weighted by Crippen LogP contribution is -2.17. The van der Waals surface area contributed by atoms with Gasteiger partial charge in [0.25, 0.3) is 5.91 Å². The Kier molecular flexibility index (Phi) is 7.45. The summed E-state index contributed by atoms with van der Waals surface area (Å²) in [6.45, 7) is 10.9. The molecule has 3 aromatic rings. The number of hydrogen-bond acceptors (Lipinski definition) is 6. The van der Waals surface area contributed by atoms with Crippen LogP contribution in [0.15, 0.2) is 30.3 Å². The molecule has 2 aromatic carbocycles. The van der Waals surface area contributed by atoms with E-state index in [2.05, 4.69) is 11.4 Å². The Hall–Kier alpha value is -3.33. The van der Waals surface area contributed by atoms with E-state index in [0.29, 0.717) is 60.0 Å². The minimum atomic E-state index is -1.03. The van der Waals surface area contributed by atoms with Gasteiger partial charge in [0.2, 0.25) is 5.75 Å². The fraction of sp³-hybridized carbons (Fsp3) is 0.385. The summed E-state index contributed by atoms with van der Waals surface area (Å²) in [4.78, 5) is 13.5. The molecule has 0 fully saturated rings. The van der Waals surface area contributed by atoms with Crippen molar-refractivity contribution in [2.24, 2.45) is 0 Å². The van der Waals surface area contributed by atoms with Crippen molar-refractivity contribution in [1.82, 2.24) is 9.78 Å². The third-order valence-electron chi connectivity index (χ3n) is 5.65. The molecule has 0 saturated heterocycles. The van der Waals surface area contributed by atoms with Crippen molar-refractivity contribution in [2.45, 2.75) is 46.1 Å². The minimum absolute atomic E-state index is 0.346. The predicted molar refractivity (Wildman–Crippen MR) is 136 cm³/mol. The molecule has 4 rings (SSSR count). The molecule has 1 amide bonds. The normalized spacial score (nSPS) is 14.5. The van der Waals surface area contributed by atoms with Gasteiger partial charge >= 0.3 is 0 Å². The van der Waals surface area contributed by atoms with Crippen LogP contribution in [0.2, 0.25) is 0 Å². The molecule has 1 unspecified atom stereocenters. The lowest BCUT2D eigenvalue weighted by atomic mass is 10.1. The fourth-order valence-corrected chi connectivity index (χ4v) is 5.44. The van der Waals surface area contributed by atoms with E-state index >= 15 is 0 Å². The zero-order valence-corrected chi connectivity index (χ0v) is 21.6. The summed E-state index contributed by atoms with van der Waals surface area (Å²) in [5.74, 6) is 2.29. The molecule has 1 aliphatic heterocycles. The summed E-state index contributed by atoms with van der Waals surface area (Å²) in [6.07, 6.45) is 0. The summed E-state index contributed by atoms with van der Waals surface area (Å²) in [5, 5.41) is 7.75. The van der Waals surface area contributed by atoms with E-state index < -0.39 is 10.8 Å². The van der Waals surface area contributed by atoms with Crippen LogP contribution in [0.4, 0.5) is 5.82 Å². The molecule has 9 heteroatoms. The molecule has 35 heavy (non-hydrogen) atoms. The molecule has 8 nitrogen and oxygen atoms in total. The highest BCUT2D eigenvalue weighted by molar-refractivity contribution is 7.83. The van der Waals surface area contributed by atoms with Crippen molar-refractivity contribution in [2.75, 3.05) is 25.1 Å². The SMILES string of the molecule is CCOc1cc(C(=O)Nc2c3c(nn2-c2ccc(C)cc2C)CS(=O)C3)cc(OCC)c1OCC. The maximum atomic E-state index is 13.5. The zero-order chi connectivity index (χ0) is 25.1. The molecule has 1 aromatic heterocycles. The van der Waals surface area contributed by atoms with Gasteiger partial charge in [-0.3, -0.25) is 9.00 Å². The second-order valence-electron chi connectivity index (χ2n) is 8.26. The van der Waals surface area contributed by atoms with E-state index in [-0.39, 0.29) is 5.91 Å². The number of benzene rings is 2. The van der Waals surface area contributed by atoms with Gasteiger partial charge in [-0.15, -0.1) is 0 Å². The van der Waals surface area contributed by atoms with Crippen molar-refractivity contribution in [3.63, 3.8) is 0 Å². The smallest absolute Gasteiger partial charge is 0.257 e. The Labute approximate surface area is 208 Å². The van der Waals surface area contributed by atoms with E-state index in [1.54, 1.807) is 16.8 Å². The first-order valence-electron chi connectivity index (χ1n) is 11.8. The quantitative estimate of drug-likeness (QED) is 0.461. The first-order valence-corrected chi connectivity index (χ1v) is 13.3. The number of carbonyl (C=O) groups is 1. The highest BCUT2D eigenvalue weighted by atomic mass is 32.2. The summed E-state index contributed by atoms with van der Waals surface area (Å²) in [6, 6.07) is 9.37. The van der Waals surface area contributed by atoms with Crippen LogP contribution in [0.1, 0.15) is 53.5 Å². The van der Waals surface area contributed by atoms with Crippen LogP contribution in [0, 0.1) is 13.8 Å². The largest absolute Gasteiger partial charge is 0.490 e. The van der Waals surface area contributed by atoms with Gasteiger partial charge in [0.15, 0.2) is 11.5 Å². The number of rotatable bonds is 9. The average Bonchev–Trinajstić information content (AvgIpc) is 3.32. The first-order chi connectivity index (χ1) is 16.9. The number of aryl methyl sites for hydroxylation is 2. The lowest BCUT2D eigenvalue weighted by molar-refractivity contribution is 0.102. The topological polar surface area (TPSA) is 91.7 Å². The second kappa shape index (κ2) is 10.5. The van der Waals surface area contributed by atoms with Crippen molar-refractivity contribution in [3.8, 4) is 22.9 Å². The van der Waals surface area contributed by atoms with Crippen LogP contribution >= 0.6 is 0 Å². The Balaban J connectivity index is 1.77. The molecule has 0 aliphatic carbocycles. The third-order valence-corrected chi connectivity index (χ3v) is 6.86. The van der Waals surface area contributed by atoms with Crippen LogP contribution in [-0.4, -0.2) is 39.7 Å². The molecule has 1 N–H and O–H groups in total. The van der Waals surface area contributed by atoms with Crippen LogP contribution < -0.4 is 19.5 Å². The van der Waals surface area contributed by atoms with Crippen LogP contribution in [-0.2, 0) is 22.3 Å². The Morgan fingerprint density at radius 2 is 1.66 bits per heavy atom. The predicted octanol–water partition coefficient (Wildman–Crippen LogP) is 4.70. The third kappa shape index (κ3) is 5.05. The van der Waals surface area contributed by atoms with E-state index in [1.807, 2.05) is 46.8 Å². The number of anilines is 1. The zero-order valence-electron chi connectivity index (χ0n) is 20.8. The maximum absolute atomic E-state index is 13.5. The number of aromatic nitrogens is 2. The van der Waals surface area contributed by atoms with Crippen molar-refractivity contribution < 1.29 is 23.2 Å². The molecule has 0 spiro atoms. The second-order valence-corrected chi connectivity index (χ2v) is 9.72. The number of nitrogens with zero attached hydrogens (tertiary/aromatic N) is 2. The van der Waals surface area contributed by atoms with Crippen LogP contribution in [0.5, 0.6) is 17.2 Å². The maximum Gasteiger partial charge on any atom is 0.257 e. The summed E-state index contributed by atoms with van der Waals surface area (Å²) < 4.78 is 31.3. The lowest BCUT2D eigenvalue weighted by Gasteiger charge is -2.18. The Morgan fingerprint density at radius 1 is 1.00 bits per heavy atom. The van der Waals surface area contributed by atoms with Gasteiger partial charge in [-0.05, 0) is 58.4 Å². The van der Waals surface area contributed by atoms with Gasteiger partial charge in [0, 0.05) is 21.9 Å². The number of nitrogens with one attached hydrogen (secondary N) is 1. The van der Waals surface area contributed by atoms with Crippen LogP contribution in [0.25, 0.3) is 5.69 Å². The highest BCUT2D eigenvalue weighted by Gasteiger charge is 2.29. The standard InChI is InChI=1S/C26H31N3O5S/c1-6-32-22-12-18(13-23(33-7-2)24(22)34-8-3)26(30)27-25-19-14-35(31)15-20(19)28-29(25)21-10-9-16(4)11-17(21)5/h9-13H,6-8,14-15H2,1-5H3,(H,27,30). The summed E-state index contributed by atoms with van der Waals surface area (Å²) >= 11 is 0. The number of fused-ring (bicyclic) bond motifs is 1. The number of carbonyl (C=O) groups excluding carboxylic acids is 1. The van der Waals surface area contributed by atoms with Crippen molar-refractivity contribution in [1.29, 1.82) is 0 Å². The van der Waals surface area contributed by atoms with Crippen molar-refractivity contribution >= 4 is 22.5 Å². The summed E-state index contributed by atoms with van der Waals surface area (Å²) in [5.41, 5.74) is 4.94. The van der Waals surface area contributed by atoms with Crippen LogP contribution in [0.3, 0.4) is 0 Å². The molecular formula is C26H31N3O5S. The van der Waals surface area contributed by atoms with Gasteiger partial charge in [0.05, 0.1) is 42.7 Å². The minimum Gasteiger partial charge on any atom is -0.490 e. The van der Waals surface area contributed by atoms with Crippen molar-refractivity contribution in [3.05, 3.63) is 58.3 Å². The van der Waals surface area contributed by atoms with Gasteiger partial charge in [-0.1, -0.05) is 17.7 Å². The van der Waals surface area contributed by atoms with Gasteiger partial charge in [-0.2, -0.15) is 5.10 Å². The van der Waals surface area contributed by atoms with E-state index in [0.717, 1.165) is 28.1 Å². The molecule has 0 radical (unpaired) electrons. The Bertz CT molecular complexity index is 1260.